The van der Waals surface area contributed by atoms with Crippen LogP contribution in [0.25, 0.3) is 0 Å². The lowest BCUT2D eigenvalue weighted by Gasteiger charge is -2.15. The Labute approximate surface area is 99.3 Å². The van der Waals surface area contributed by atoms with Crippen molar-refractivity contribution in [2.75, 3.05) is 38.2 Å². The van der Waals surface area contributed by atoms with Gasteiger partial charge in [-0.05, 0) is 32.9 Å². The number of hydrogen-bond acceptors (Lipinski definition) is 4. The van der Waals surface area contributed by atoms with E-state index in [1.807, 2.05) is 0 Å². The molecule has 0 heterocycles. The van der Waals surface area contributed by atoms with Crippen molar-refractivity contribution < 1.29 is 8.42 Å². The van der Waals surface area contributed by atoms with Crippen molar-refractivity contribution in [2.45, 2.75) is 32.2 Å². The van der Waals surface area contributed by atoms with Gasteiger partial charge in [0, 0.05) is 24.9 Å². The van der Waals surface area contributed by atoms with E-state index in [0.29, 0.717) is 5.75 Å². The Morgan fingerprint density at radius 1 is 1.31 bits per heavy atom. The Morgan fingerprint density at radius 2 is 2.00 bits per heavy atom. The second kappa shape index (κ2) is 6.57. The van der Waals surface area contributed by atoms with E-state index >= 15 is 0 Å². The zero-order chi connectivity index (χ0) is 12.0. The summed E-state index contributed by atoms with van der Waals surface area (Å²) < 4.78 is 22.4. The van der Waals surface area contributed by atoms with E-state index in [1.165, 1.54) is 12.8 Å². The van der Waals surface area contributed by atoms with E-state index in [9.17, 15) is 8.42 Å². The van der Waals surface area contributed by atoms with Gasteiger partial charge in [-0.15, -0.1) is 0 Å². The Balaban J connectivity index is 1.91. The summed E-state index contributed by atoms with van der Waals surface area (Å²) >= 11 is 0. The van der Waals surface area contributed by atoms with E-state index in [0.717, 1.165) is 32.1 Å². The third-order valence-electron chi connectivity index (χ3n) is 3.06. The molecule has 1 fully saturated rings. The lowest BCUT2D eigenvalue weighted by Crippen LogP contribution is -2.31. The van der Waals surface area contributed by atoms with Crippen molar-refractivity contribution in [3.05, 3.63) is 0 Å². The quantitative estimate of drug-likeness (QED) is 0.604. The second-order valence-corrected chi connectivity index (χ2v) is 7.02. The number of nitrogens with zero attached hydrogens (tertiary/aromatic N) is 1. The lowest BCUT2D eigenvalue weighted by atomic mass is 10.4. The van der Waals surface area contributed by atoms with Crippen LogP contribution in [-0.4, -0.2) is 57.5 Å². The molecule has 1 aliphatic carbocycles. The van der Waals surface area contributed by atoms with Crippen molar-refractivity contribution >= 4 is 9.84 Å². The SMILES string of the molecule is CCS(=O)(=O)CCCNCCN(C)C1CC1. The van der Waals surface area contributed by atoms with Gasteiger partial charge < -0.3 is 10.2 Å². The van der Waals surface area contributed by atoms with Gasteiger partial charge in [-0.2, -0.15) is 0 Å². The molecule has 0 aliphatic heterocycles. The van der Waals surface area contributed by atoms with Gasteiger partial charge in [-0.25, -0.2) is 8.42 Å². The van der Waals surface area contributed by atoms with E-state index in [4.69, 9.17) is 0 Å². The molecule has 0 atom stereocenters. The highest BCUT2D eigenvalue weighted by molar-refractivity contribution is 7.91. The molecular formula is C11H24N2O2S. The van der Waals surface area contributed by atoms with Crippen LogP contribution in [0.5, 0.6) is 0 Å². The molecule has 0 saturated heterocycles. The van der Waals surface area contributed by atoms with Gasteiger partial charge in [0.25, 0.3) is 0 Å². The lowest BCUT2D eigenvalue weighted by molar-refractivity contribution is 0.322. The Kier molecular flexibility index (Phi) is 5.72. The minimum Gasteiger partial charge on any atom is -0.315 e. The van der Waals surface area contributed by atoms with Gasteiger partial charge in [0.2, 0.25) is 0 Å². The summed E-state index contributed by atoms with van der Waals surface area (Å²) in [6, 6.07) is 0.808. The van der Waals surface area contributed by atoms with E-state index in [1.54, 1.807) is 6.92 Å². The Morgan fingerprint density at radius 3 is 2.56 bits per heavy atom. The smallest absolute Gasteiger partial charge is 0.150 e. The Bertz CT molecular complexity index is 286. The molecule has 96 valence electrons. The molecule has 0 unspecified atom stereocenters. The van der Waals surface area contributed by atoms with Crippen molar-refractivity contribution in [3.8, 4) is 0 Å². The monoisotopic (exact) mass is 248 g/mol. The first-order chi connectivity index (χ1) is 7.55. The maximum atomic E-state index is 11.2. The highest BCUT2D eigenvalue weighted by Crippen LogP contribution is 2.24. The molecule has 0 bridgehead atoms. The zero-order valence-corrected chi connectivity index (χ0v) is 11.2. The van der Waals surface area contributed by atoms with Crippen molar-refractivity contribution in [3.63, 3.8) is 0 Å². The fourth-order valence-electron chi connectivity index (χ4n) is 1.64. The maximum Gasteiger partial charge on any atom is 0.150 e. The number of rotatable bonds is 9. The average molecular weight is 248 g/mol. The molecule has 1 aliphatic rings. The van der Waals surface area contributed by atoms with Gasteiger partial charge in [0.05, 0.1) is 5.75 Å². The minimum absolute atomic E-state index is 0.261. The zero-order valence-electron chi connectivity index (χ0n) is 10.4. The molecule has 1 rings (SSSR count). The number of likely N-dealkylation sites (N-methyl/N-ethyl adjacent to an activating group) is 1. The van der Waals surface area contributed by atoms with Crippen molar-refractivity contribution in [2.24, 2.45) is 0 Å². The average Bonchev–Trinajstić information content (AvgIpc) is 3.06. The number of hydrogen-bond donors (Lipinski definition) is 1. The van der Waals surface area contributed by atoms with E-state index in [-0.39, 0.29) is 5.75 Å². The predicted octanol–water partition coefficient (Wildman–Crippen LogP) is 0.495. The van der Waals surface area contributed by atoms with Gasteiger partial charge in [0.1, 0.15) is 9.84 Å². The molecule has 0 aromatic heterocycles. The first-order valence-electron chi connectivity index (χ1n) is 6.16. The summed E-state index contributed by atoms with van der Waals surface area (Å²) in [5.74, 6) is 0.576. The summed E-state index contributed by atoms with van der Waals surface area (Å²) in [6.07, 6.45) is 3.40. The summed E-state index contributed by atoms with van der Waals surface area (Å²) in [5, 5.41) is 3.29. The molecule has 16 heavy (non-hydrogen) atoms. The Hall–Kier alpha value is -0.130. The van der Waals surface area contributed by atoms with Crippen LogP contribution in [0, 0.1) is 0 Å². The first-order valence-corrected chi connectivity index (χ1v) is 7.98. The molecule has 0 spiro atoms. The second-order valence-electron chi connectivity index (χ2n) is 4.55. The van der Waals surface area contributed by atoms with Gasteiger partial charge in [0.15, 0.2) is 0 Å². The molecule has 0 aromatic rings. The third-order valence-corrected chi connectivity index (χ3v) is 4.85. The first kappa shape index (κ1) is 13.9. The van der Waals surface area contributed by atoms with Crippen LogP contribution in [0.3, 0.4) is 0 Å². The van der Waals surface area contributed by atoms with Crippen LogP contribution in [-0.2, 0) is 9.84 Å². The normalized spacial score (nSPS) is 16.9. The largest absolute Gasteiger partial charge is 0.315 e. The molecular weight excluding hydrogens is 224 g/mol. The van der Waals surface area contributed by atoms with Crippen LogP contribution in [0.4, 0.5) is 0 Å². The summed E-state index contributed by atoms with van der Waals surface area (Å²) in [6.45, 7) is 4.52. The number of nitrogens with one attached hydrogen (secondary N) is 1. The fourth-order valence-corrected chi connectivity index (χ4v) is 2.51. The van der Waals surface area contributed by atoms with Crippen LogP contribution >= 0.6 is 0 Å². The van der Waals surface area contributed by atoms with E-state index < -0.39 is 9.84 Å². The van der Waals surface area contributed by atoms with Gasteiger partial charge in [-0.3, -0.25) is 0 Å². The molecule has 1 N–H and O–H groups in total. The van der Waals surface area contributed by atoms with Crippen LogP contribution in [0.1, 0.15) is 26.2 Å². The van der Waals surface area contributed by atoms with Gasteiger partial charge in [-0.1, -0.05) is 6.92 Å². The summed E-state index contributed by atoms with van der Waals surface area (Å²) in [5.41, 5.74) is 0. The fraction of sp³-hybridized carbons (Fsp3) is 1.00. The molecule has 0 amide bonds. The summed E-state index contributed by atoms with van der Waals surface area (Å²) in [7, 11) is -0.623. The van der Waals surface area contributed by atoms with Crippen LogP contribution < -0.4 is 5.32 Å². The highest BCUT2D eigenvalue weighted by Gasteiger charge is 2.25. The molecule has 1 saturated carbocycles. The standard InChI is InChI=1S/C11H24N2O2S/c1-3-16(14,15)10-4-7-12-8-9-13(2)11-5-6-11/h11-12H,3-10H2,1-2H3. The van der Waals surface area contributed by atoms with Crippen LogP contribution in [0.2, 0.25) is 0 Å². The number of sulfone groups is 1. The predicted molar refractivity (Wildman–Crippen MR) is 67.5 cm³/mol. The minimum atomic E-state index is -2.78. The summed E-state index contributed by atoms with van der Waals surface area (Å²) in [4.78, 5) is 2.37. The van der Waals surface area contributed by atoms with Crippen molar-refractivity contribution in [1.82, 2.24) is 10.2 Å². The van der Waals surface area contributed by atoms with Crippen molar-refractivity contribution in [1.29, 1.82) is 0 Å². The third kappa shape index (κ3) is 5.82. The molecule has 5 heteroatoms. The topological polar surface area (TPSA) is 49.4 Å². The molecule has 0 aromatic carbocycles. The maximum absolute atomic E-state index is 11.2. The van der Waals surface area contributed by atoms with Crippen LogP contribution in [0.15, 0.2) is 0 Å². The molecule has 0 radical (unpaired) electrons. The molecule has 4 nitrogen and oxygen atoms in total. The van der Waals surface area contributed by atoms with Gasteiger partial charge >= 0.3 is 0 Å². The highest BCUT2D eigenvalue weighted by atomic mass is 32.2. The van der Waals surface area contributed by atoms with E-state index in [2.05, 4.69) is 17.3 Å².